The van der Waals surface area contributed by atoms with E-state index in [1.54, 1.807) is 13.1 Å². The molecule has 2 amide bonds. The summed E-state index contributed by atoms with van der Waals surface area (Å²) in [6, 6.07) is 8.24. The largest absolute Gasteiger partial charge is 0.416 e. The van der Waals surface area contributed by atoms with Gasteiger partial charge in [-0.25, -0.2) is 0 Å². The van der Waals surface area contributed by atoms with E-state index in [1.165, 1.54) is 17.7 Å². The summed E-state index contributed by atoms with van der Waals surface area (Å²) in [7, 11) is 1.78. The number of nitrogens with zero attached hydrogens (tertiary/aromatic N) is 2. The molecular formula is C33H53F3N4O2. The van der Waals surface area contributed by atoms with Crippen LogP contribution in [-0.2, 0) is 16.0 Å². The van der Waals surface area contributed by atoms with Crippen LogP contribution in [0.25, 0.3) is 0 Å². The molecule has 2 aliphatic rings. The number of hydrogen-bond acceptors (Lipinski definition) is 4. The molecule has 6 nitrogen and oxygen atoms in total. The second-order valence-electron chi connectivity index (χ2n) is 11.4. The van der Waals surface area contributed by atoms with Gasteiger partial charge in [-0.2, -0.15) is 13.2 Å². The number of allylic oxidation sites excluding steroid dienone is 2. The standard InChI is InChI=1S/C27H37F3N2O.C4H10N2O.C2H6/c1-19(2)5-10-23-18-24(27(28,29)30)11-12-25(23)31-13-15-32(16-14-31)26(33)21(4)17-22-8-6-20(3)7-9-22;1-6-3-2-4(5)7;1-2/h6-9,11-12,18-19,21,23,25H,5,10,13-17H2,1-4H3;6H,2-3H2,1H3,(H2,5,7);1-2H3/t21-,23?,25?;;/m1../s1. The maximum Gasteiger partial charge on any atom is 0.416 e. The first-order valence-corrected chi connectivity index (χ1v) is 15.3. The van der Waals surface area contributed by atoms with Crippen LogP contribution in [0.15, 0.2) is 48.1 Å². The van der Waals surface area contributed by atoms with Gasteiger partial charge in [0, 0.05) is 51.1 Å². The Kier molecular flexibility index (Phi) is 16.7. The van der Waals surface area contributed by atoms with Gasteiger partial charge in [-0.1, -0.05) is 89.1 Å². The average Bonchev–Trinajstić information content (AvgIpc) is 2.96. The highest BCUT2D eigenvalue weighted by molar-refractivity contribution is 5.79. The van der Waals surface area contributed by atoms with Gasteiger partial charge >= 0.3 is 6.18 Å². The van der Waals surface area contributed by atoms with E-state index in [9.17, 15) is 22.8 Å². The number of benzene rings is 1. The van der Waals surface area contributed by atoms with Crippen molar-refractivity contribution < 1.29 is 22.8 Å². The van der Waals surface area contributed by atoms with Crippen LogP contribution in [0, 0.1) is 24.7 Å². The number of carbonyl (C=O) groups excluding carboxylic acids is 2. The number of amides is 2. The van der Waals surface area contributed by atoms with Crippen molar-refractivity contribution in [3.8, 4) is 0 Å². The Morgan fingerprint density at radius 2 is 1.64 bits per heavy atom. The highest BCUT2D eigenvalue weighted by Gasteiger charge is 2.38. The molecule has 1 aliphatic carbocycles. The highest BCUT2D eigenvalue weighted by Crippen LogP contribution is 2.35. The van der Waals surface area contributed by atoms with Gasteiger partial charge in [0.05, 0.1) is 5.57 Å². The lowest BCUT2D eigenvalue weighted by Gasteiger charge is -2.42. The molecule has 0 radical (unpaired) electrons. The van der Waals surface area contributed by atoms with Crippen molar-refractivity contribution in [3.05, 3.63) is 59.2 Å². The summed E-state index contributed by atoms with van der Waals surface area (Å²) in [4.78, 5) is 27.1. The van der Waals surface area contributed by atoms with E-state index in [2.05, 4.69) is 48.3 Å². The first-order valence-electron chi connectivity index (χ1n) is 15.3. The van der Waals surface area contributed by atoms with E-state index >= 15 is 0 Å². The second kappa shape index (κ2) is 18.8. The molecule has 0 aromatic heterocycles. The lowest BCUT2D eigenvalue weighted by Crippen LogP contribution is -2.54. The molecule has 238 valence electrons. The molecule has 1 aromatic rings. The average molecular weight is 595 g/mol. The van der Waals surface area contributed by atoms with Crippen LogP contribution in [0.5, 0.6) is 0 Å². The summed E-state index contributed by atoms with van der Waals surface area (Å²) in [5.74, 6) is 0.102. The molecule has 3 atom stereocenters. The van der Waals surface area contributed by atoms with Crippen molar-refractivity contribution in [1.82, 2.24) is 15.1 Å². The first kappa shape index (κ1) is 37.4. The molecule has 1 aromatic carbocycles. The molecule has 1 fully saturated rings. The maximum atomic E-state index is 13.3. The molecule has 9 heteroatoms. The predicted octanol–water partition coefficient (Wildman–Crippen LogP) is 5.90. The third-order valence-corrected chi connectivity index (χ3v) is 7.46. The van der Waals surface area contributed by atoms with Gasteiger partial charge in [0.25, 0.3) is 0 Å². The minimum absolute atomic E-state index is 0.0444. The quantitative estimate of drug-likeness (QED) is 0.353. The number of nitrogens with one attached hydrogen (secondary N) is 1. The SMILES string of the molecule is CC.CNCCC(N)=O.Cc1ccc(C[C@@H](C)C(=O)N2CCN(C3C=CC(C(F)(F)F)=CC3CCC(C)C)CC2)cc1. The van der Waals surface area contributed by atoms with Crippen molar-refractivity contribution in [1.29, 1.82) is 0 Å². The number of halogens is 3. The van der Waals surface area contributed by atoms with E-state index in [4.69, 9.17) is 5.73 Å². The number of hydrogen-bond donors (Lipinski definition) is 2. The Hall–Kier alpha value is -2.65. The molecule has 0 spiro atoms. The predicted molar refractivity (Wildman–Crippen MR) is 166 cm³/mol. The van der Waals surface area contributed by atoms with E-state index in [0.717, 1.165) is 18.4 Å². The molecular weight excluding hydrogens is 541 g/mol. The van der Waals surface area contributed by atoms with Crippen LogP contribution in [0.4, 0.5) is 13.2 Å². The van der Waals surface area contributed by atoms with Crippen molar-refractivity contribution in [3.63, 3.8) is 0 Å². The number of alkyl halides is 3. The summed E-state index contributed by atoms with van der Waals surface area (Å²) in [6.07, 6.45) is 2.85. The number of primary amides is 1. The van der Waals surface area contributed by atoms with Gasteiger partial charge < -0.3 is 16.0 Å². The highest BCUT2D eigenvalue weighted by atomic mass is 19.4. The van der Waals surface area contributed by atoms with Crippen LogP contribution < -0.4 is 11.1 Å². The second-order valence-corrected chi connectivity index (χ2v) is 11.4. The van der Waals surface area contributed by atoms with Crippen LogP contribution in [0.2, 0.25) is 0 Å². The van der Waals surface area contributed by atoms with Crippen LogP contribution >= 0.6 is 0 Å². The maximum absolute atomic E-state index is 13.3. The molecule has 1 saturated heterocycles. The normalized spacial score (nSPS) is 19.7. The van der Waals surface area contributed by atoms with Gasteiger partial charge in [0.15, 0.2) is 0 Å². The molecule has 0 bridgehead atoms. The van der Waals surface area contributed by atoms with Gasteiger partial charge in [-0.3, -0.25) is 14.5 Å². The summed E-state index contributed by atoms with van der Waals surface area (Å²) in [6.45, 7) is 15.5. The minimum atomic E-state index is -4.31. The minimum Gasteiger partial charge on any atom is -0.370 e. The smallest absolute Gasteiger partial charge is 0.370 e. The fourth-order valence-corrected chi connectivity index (χ4v) is 5.06. The van der Waals surface area contributed by atoms with Crippen LogP contribution in [-0.4, -0.2) is 73.6 Å². The summed E-state index contributed by atoms with van der Waals surface area (Å²) in [5.41, 5.74) is 6.63. The number of nitrogens with two attached hydrogens (primary N) is 1. The van der Waals surface area contributed by atoms with Crippen LogP contribution in [0.3, 0.4) is 0 Å². The van der Waals surface area contributed by atoms with Gasteiger partial charge in [-0.05, 0) is 44.2 Å². The number of carbonyl (C=O) groups is 2. The summed E-state index contributed by atoms with van der Waals surface area (Å²) >= 11 is 0. The third kappa shape index (κ3) is 13.1. The number of piperazine rings is 1. The molecule has 42 heavy (non-hydrogen) atoms. The van der Waals surface area contributed by atoms with Gasteiger partial charge in [0.2, 0.25) is 11.8 Å². The molecule has 3 N–H and O–H groups in total. The molecule has 2 unspecified atom stereocenters. The van der Waals surface area contributed by atoms with E-state index < -0.39 is 11.7 Å². The first-order chi connectivity index (χ1) is 19.8. The molecule has 0 saturated carbocycles. The zero-order chi connectivity index (χ0) is 31.9. The molecule has 1 aliphatic heterocycles. The zero-order valence-corrected chi connectivity index (χ0v) is 26.6. The molecule has 1 heterocycles. The Bertz CT molecular complexity index is 998. The molecule has 3 rings (SSSR count). The topological polar surface area (TPSA) is 78.7 Å². The number of rotatable bonds is 10. The summed E-state index contributed by atoms with van der Waals surface area (Å²) < 4.78 is 39.9. The Balaban J connectivity index is 0.000000858. The van der Waals surface area contributed by atoms with Gasteiger partial charge in [0.1, 0.15) is 0 Å². The zero-order valence-electron chi connectivity index (χ0n) is 26.6. The van der Waals surface area contributed by atoms with E-state index in [-0.39, 0.29) is 29.7 Å². The van der Waals surface area contributed by atoms with Gasteiger partial charge in [-0.15, -0.1) is 0 Å². The Labute approximate surface area is 251 Å². The van der Waals surface area contributed by atoms with E-state index in [0.29, 0.717) is 51.5 Å². The third-order valence-electron chi connectivity index (χ3n) is 7.46. The fourth-order valence-electron chi connectivity index (χ4n) is 5.06. The van der Waals surface area contributed by atoms with E-state index in [1.807, 2.05) is 32.6 Å². The number of aryl methyl sites for hydroxylation is 1. The van der Waals surface area contributed by atoms with Crippen molar-refractivity contribution in [2.24, 2.45) is 23.5 Å². The Morgan fingerprint density at radius 1 is 1.05 bits per heavy atom. The fraction of sp³-hybridized carbons (Fsp3) is 0.636. The van der Waals surface area contributed by atoms with Crippen molar-refractivity contribution in [2.75, 3.05) is 39.8 Å². The Morgan fingerprint density at radius 3 is 2.12 bits per heavy atom. The van der Waals surface area contributed by atoms with Crippen molar-refractivity contribution in [2.45, 2.75) is 79.4 Å². The lowest BCUT2D eigenvalue weighted by atomic mass is 9.84. The van der Waals surface area contributed by atoms with Crippen LogP contribution in [0.1, 0.15) is 65.0 Å². The van der Waals surface area contributed by atoms with Crippen molar-refractivity contribution >= 4 is 11.8 Å². The lowest BCUT2D eigenvalue weighted by molar-refractivity contribution is -0.137. The monoisotopic (exact) mass is 594 g/mol. The summed E-state index contributed by atoms with van der Waals surface area (Å²) in [5, 5.41) is 2.80.